The lowest BCUT2D eigenvalue weighted by molar-refractivity contribution is 0.0592. The number of hydrogen-bond donors (Lipinski definition) is 1. The summed E-state index contributed by atoms with van der Waals surface area (Å²) < 4.78 is 0. The molecule has 0 bridgehead atoms. The van der Waals surface area contributed by atoms with Crippen LogP contribution in [0.15, 0.2) is 48.5 Å². The minimum atomic E-state index is -0.237. The van der Waals surface area contributed by atoms with Crippen LogP contribution in [0.25, 0.3) is 43.1 Å². The summed E-state index contributed by atoms with van der Waals surface area (Å²) in [5.41, 5.74) is 7.83. The summed E-state index contributed by atoms with van der Waals surface area (Å²) in [7, 11) is 0. The summed E-state index contributed by atoms with van der Waals surface area (Å²) in [5.74, 6) is -0.926. The largest absolute Gasteiger partial charge is 0.330 e. The Kier molecular flexibility index (Phi) is 11.2. The van der Waals surface area contributed by atoms with Crippen molar-refractivity contribution in [3.8, 4) is 0 Å². The van der Waals surface area contributed by atoms with E-state index in [1.807, 2.05) is 48.5 Å². The lowest BCUT2D eigenvalue weighted by atomic mass is 9.82. The normalized spacial score (nSPS) is 14.4. The molecule has 5 aromatic rings. The van der Waals surface area contributed by atoms with Crippen molar-refractivity contribution in [2.24, 2.45) is 5.73 Å². The molecule has 0 spiro atoms. The highest BCUT2D eigenvalue weighted by Crippen LogP contribution is 2.46. The SMILES string of the molecule is CCCCCCCCCCCCN1C(=O)c2ccc3c4ccc5c6c(ccc(c7ccc(c2c37)C1=O)c64)C(=O)N(CCCCCCCCCN)C5=O. The number of benzene rings is 5. The maximum absolute atomic E-state index is 13.9. The summed E-state index contributed by atoms with van der Waals surface area (Å²) >= 11 is 0. The molecule has 2 N–H and O–H groups in total. The summed E-state index contributed by atoms with van der Waals surface area (Å²) in [6, 6.07) is 15.4. The van der Waals surface area contributed by atoms with Gasteiger partial charge in [-0.2, -0.15) is 0 Å². The van der Waals surface area contributed by atoms with Gasteiger partial charge in [-0.3, -0.25) is 29.0 Å². The van der Waals surface area contributed by atoms with Gasteiger partial charge in [0.05, 0.1) is 0 Å². The van der Waals surface area contributed by atoms with Crippen LogP contribution < -0.4 is 5.73 Å². The summed E-state index contributed by atoms with van der Waals surface area (Å²) in [6.07, 6.45) is 19.3. The third kappa shape index (κ3) is 6.57. The number of nitrogens with two attached hydrogens (primary N) is 1. The Morgan fingerprint density at radius 2 is 0.673 bits per heavy atom. The molecule has 0 saturated heterocycles. The predicted molar refractivity (Wildman–Crippen MR) is 212 cm³/mol. The van der Waals surface area contributed by atoms with E-state index in [1.165, 1.54) is 61.2 Å². The first-order valence-corrected chi connectivity index (χ1v) is 20.1. The van der Waals surface area contributed by atoms with Crippen molar-refractivity contribution in [3.63, 3.8) is 0 Å². The average molecular weight is 700 g/mol. The maximum atomic E-state index is 13.9. The Balaban J connectivity index is 1.12. The molecule has 272 valence electrons. The molecule has 2 aliphatic heterocycles. The monoisotopic (exact) mass is 699 g/mol. The van der Waals surface area contributed by atoms with Gasteiger partial charge in [-0.15, -0.1) is 0 Å². The van der Waals surface area contributed by atoms with Crippen LogP contribution in [0.2, 0.25) is 0 Å². The van der Waals surface area contributed by atoms with Crippen molar-refractivity contribution in [1.82, 2.24) is 9.80 Å². The molecule has 0 fully saturated rings. The average Bonchev–Trinajstić information content (AvgIpc) is 3.16. The Hall–Kier alpha value is -4.36. The van der Waals surface area contributed by atoms with Gasteiger partial charge in [0.1, 0.15) is 0 Å². The van der Waals surface area contributed by atoms with Gasteiger partial charge >= 0.3 is 0 Å². The summed E-state index contributed by atoms with van der Waals surface area (Å²) in [5, 5.41) is 6.88. The summed E-state index contributed by atoms with van der Waals surface area (Å²) in [6.45, 7) is 3.82. The molecule has 7 heteroatoms. The van der Waals surface area contributed by atoms with E-state index in [0.29, 0.717) is 46.1 Å². The van der Waals surface area contributed by atoms with E-state index in [9.17, 15) is 19.2 Å². The van der Waals surface area contributed by atoms with Crippen molar-refractivity contribution in [2.75, 3.05) is 19.6 Å². The zero-order valence-corrected chi connectivity index (χ0v) is 30.9. The van der Waals surface area contributed by atoms with Crippen LogP contribution in [-0.2, 0) is 0 Å². The Morgan fingerprint density at radius 1 is 0.385 bits per heavy atom. The Morgan fingerprint density at radius 3 is 0.981 bits per heavy atom. The zero-order valence-electron chi connectivity index (χ0n) is 30.9. The van der Waals surface area contributed by atoms with Gasteiger partial charge in [-0.25, -0.2) is 0 Å². The van der Waals surface area contributed by atoms with Gasteiger partial charge in [-0.05, 0) is 82.4 Å². The molecule has 2 heterocycles. The third-order valence-corrected chi connectivity index (χ3v) is 11.6. The molecule has 0 saturated carbocycles. The predicted octanol–water partition coefficient (Wildman–Crippen LogP) is 10.5. The molecule has 0 aromatic heterocycles. The van der Waals surface area contributed by atoms with Crippen molar-refractivity contribution in [1.29, 1.82) is 0 Å². The number of carbonyl (C=O) groups excluding carboxylic acids is 4. The smallest absolute Gasteiger partial charge is 0.261 e. The molecule has 0 atom stereocenters. The number of fused-ring (bicyclic) bond motifs is 2. The number of amides is 4. The number of hydrogen-bond acceptors (Lipinski definition) is 5. The van der Waals surface area contributed by atoms with E-state index in [4.69, 9.17) is 5.73 Å². The molecule has 7 nitrogen and oxygen atoms in total. The highest BCUT2D eigenvalue weighted by molar-refractivity contribution is 6.41. The van der Waals surface area contributed by atoms with Crippen LogP contribution in [0, 0.1) is 0 Å². The van der Waals surface area contributed by atoms with Crippen molar-refractivity contribution in [2.45, 2.75) is 116 Å². The van der Waals surface area contributed by atoms with Crippen LogP contribution in [0.4, 0.5) is 0 Å². The fourth-order valence-corrected chi connectivity index (χ4v) is 8.83. The van der Waals surface area contributed by atoms with Gasteiger partial charge < -0.3 is 5.73 Å². The van der Waals surface area contributed by atoms with E-state index >= 15 is 0 Å². The van der Waals surface area contributed by atoms with E-state index in [2.05, 4.69) is 6.92 Å². The lowest BCUT2D eigenvalue weighted by Crippen LogP contribution is -2.41. The molecule has 0 radical (unpaired) electrons. The van der Waals surface area contributed by atoms with Crippen LogP contribution in [0.1, 0.15) is 158 Å². The second-order valence-electron chi connectivity index (χ2n) is 15.1. The van der Waals surface area contributed by atoms with Gasteiger partial charge in [0.25, 0.3) is 23.6 Å². The van der Waals surface area contributed by atoms with Crippen LogP contribution in [-0.4, -0.2) is 53.1 Å². The number of nitrogens with zero attached hydrogens (tertiary/aromatic N) is 2. The van der Waals surface area contributed by atoms with Crippen molar-refractivity contribution >= 4 is 66.7 Å². The minimum Gasteiger partial charge on any atom is -0.330 e. The highest BCUT2D eigenvalue weighted by Gasteiger charge is 2.36. The maximum Gasteiger partial charge on any atom is 0.261 e. The second kappa shape index (κ2) is 16.1. The molecule has 7 rings (SSSR count). The molecule has 5 aromatic carbocycles. The number of unbranched alkanes of at least 4 members (excludes halogenated alkanes) is 15. The van der Waals surface area contributed by atoms with E-state index in [0.717, 1.165) is 96.6 Å². The molecule has 0 aliphatic carbocycles. The Labute approximate surface area is 307 Å². The van der Waals surface area contributed by atoms with Crippen molar-refractivity contribution in [3.05, 3.63) is 70.8 Å². The van der Waals surface area contributed by atoms with Crippen molar-refractivity contribution < 1.29 is 19.2 Å². The molecule has 2 aliphatic rings. The fourth-order valence-electron chi connectivity index (χ4n) is 8.83. The van der Waals surface area contributed by atoms with Crippen LogP contribution in [0.3, 0.4) is 0 Å². The summed E-state index contributed by atoms with van der Waals surface area (Å²) in [4.78, 5) is 58.4. The van der Waals surface area contributed by atoms with E-state index in [1.54, 1.807) is 0 Å². The third-order valence-electron chi connectivity index (χ3n) is 11.6. The number of carbonyl (C=O) groups is 4. The van der Waals surface area contributed by atoms with E-state index < -0.39 is 0 Å². The van der Waals surface area contributed by atoms with Gasteiger partial charge in [0, 0.05) is 46.1 Å². The van der Waals surface area contributed by atoms with Gasteiger partial charge in [0.15, 0.2) is 0 Å². The standard InChI is InChI=1S/C45H53N3O4/c1-2-3-4-5-6-7-8-11-14-17-28-47-42(49)34-23-19-30-32-21-25-36-41-37(45(52)48(44(36)51)29-18-15-12-9-10-13-16-27-46)26-22-33(39(32)41)31-20-24-35(43(47)50)40(34)38(30)31/h19-26H,2-18,27-29,46H2,1H3. The highest BCUT2D eigenvalue weighted by atomic mass is 16.2. The molecule has 4 amide bonds. The molecular formula is C45H53N3O4. The molecule has 0 unspecified atom stereocenters. The number of imide groups is 2. The van der Waals surface area contributed by atoms with E-state index in [-0.39, 0.29) is 23.6 Å². The lowest BCUT2D eigenvalue weighted by Gasteiger charge is -2.30. The van der Waals surface area contributed by atoms with Crippen LogP contribution >= 0.6 is 0 Å². The topological polar surface area (TPSA) is 101 Å². The second-order valence-corrected chi connectivity index (χ2v) is 15.1. The minimum absolute atomic E-state index is 0.226. The molecule has 52 heavy (non-hydrogen) atoms. The first-order valence-electron chi connectivity index (χ1n) is 20.1. The first-order chi connectivity index (χ1) is 25.5. The van der Waals surface area contributed by atoms with Gasteiger partial charge in [-0.1, -0.05) is 121 Å². The number of rotatable bonds is 20. The molecular weight excluding hydrogens is 647 g/mol. The Bertz CT molecular complexity index is 2010. The van der Waals surface area contributed by atoms with Gasteiger partial charge in [0.2, 0.25) is 0 Å². The zero-order chi connectivity index (χ0) is 36.2. The van der Waals surface area contributed by atoms with Crippen LogP contribution in [0.5, 0.6) is 0 Å². The fraction of sp³-hybridized carbons (Fsp3) is 0.467. The quantitative estimate of drug-likeness (QED) is 0.0377. The first kappa shape index (κ1) is 36.0.